The maximum atomic E-state index is 5.86. The van der Waals surface area contributed by atoms with Crippen LogP contribution in [0.1, 0.15) is 29.9 Å². The van der Waals surface area contributed by atoms with E-state index in [0.717, 1.165) is 13.0 Å². The lowest BCUT2D eigenvalue weighted by Gasteiger charge is -2.43. The Morgan fingerprint density at radius 3 is 2.00 bits per heavy atom. The molecule has 1 aliphatic heterocycles. The van der Waals surface area contributed by atoms with Crippen molar-refractivity contribution >= 4 is 0 Å². The maximum Gasteiger partial charge on any atom is 0.0736 e. The lowest BCUT2D eigenvalue weighted by atomic mass is 9.79. The molecule has 2 atom stereocenters. The number of benzene rings is 2. The van der Waals surface area contributed by atoms with Gasteiger partial charge in [-0.25, -0.2) is 0 Å². The highest BCUT2D eigenvalue weighted by Gasteiger charge is 2.37. The quantitative estimate of drug-likeness (QED) is 0.847. The summed E-state index contributed by atoms with van der Waals surface area (Å²) in [6, 6.07) is 22.1. The van der Waals surface area contributed by atoms with Crippen LogP contribution in [0.2, 0.25) is 0 Å². The number of likely N-dealkylation sites (N-methyl/N-ethyl adjacent to an activating group) is 1. The molecular formula is C20H25NO. The second-order valence-corrected chi connectivity index (χ2v) is 6.19. The zero-order valence-corrected chi connectivity index (χ0v) is 13.5. The van der Waals surface area contributed by atoms with Crippen LogP contribution in [0.3, 0.4) is 0 Å². The molecule has 2 nitrogen and oxygen atoms in total. The van der Waals surface area contributed by atoms with Gasteiger partial charge in [0.25, 0.3) is 0 Å². The monoisotopic (exact) mass is 295 g/mol. The molecule has 0 aromatic heterocycles. The average molecular weight is 295 g/mol. The van der Waals surface area contributed by atoms with Crippen LogP contribution in [0.4, 0.5) is 0 Å². The third-order valence-electron chi connectivity index (χ3n) is 4.85. The average Bonchev–Trinajstić information content (AvgIpc) is 2.58. The number of methoxy groups -OCH3 is 1. The molecule has 22 heavy (non-hydrogen) atoms. The first kappa shape index (κ1) is 15.3. The van der Waals surface area contributed by atoms with E-state index in [0.29, 0.717) is 12.0 Å². The van der Waals surface area contributed by atoms with Crippen LogP contribution in [0.15, 0.2) is 60.7 Å². The summed E-state index contributed by atoms with van der Waals surface area (Å²) in [5.41, 5.74) is 2.74. The van der Waals surface area contributed by atoms with Crippen molar-refractivity contribution in [3.8, 4) is 0 Å². The van der Waals surface area contributed by atoms with Gasteiger partial charge in [0.2, 0.25) is 0 Å². The summed E-state index contributed by atoms with van der Waals surface area (Å²) in [5.74, 6) is 0.345. The summed E-state index contributed by atoms with van der Waals surface area (Å²) < 4.78 is 5.86. The van der Waals surface area contributed by atoms with Gasteiger partial charge in [0.15, 0.2) is 0 Å². The van der Waals surface area contributed by atoms with Gasteiger partial charge in [-0.3, -0.25) is 4.90 Å². The minimum atomic E-state index is 0.282. The van der Waals surface area contributed by atoms with Gasteiger partial charge in [-0.15, -0.1) is 0 Å². The predicted octanol–water partition coefficient (Wildman–Crippen LogP) is 3.93. The highest BCUT2D eigenvalue weighted by atomic mass is 16.5. The van der Waals surface area contributed by atoms with Crippen molar-refractivity contribution in [1.82, 2.24) is 4.90 Å². The number of likely N-dealkylation sites (tertiary alicyclic amines) is 1. The molecule has 1 heterocycles. The number of nitrogens with zero attached hydrogens (tertiary/aromatic N) is 1. The maximum absolute atomic E-state index is 5.86. The highest BCUT2D eigenvalue weighted by molar-refractivity contribution is 5.35. The minimum absolute atomic E-state index is 0.282. The van der Waals surface area contributed by atoms with Crippen molar-refractivity contribution < 1.29 is 4.74 Å². The molecule has 0 amide bonds. The SMILES string of the molecule is COC1CCCN(C)C1C(c1ccccc1)c1ccccc1. The standard InChI is InChI=1S/C20H25NO/c1-21-15-9-14-18(22-2)20(21)19(16-10-5-3-6-11-16)17-12-7-4-8-13-17/h3-8,10-13,18-20H,9,14-15H2,1-2H3. The van der Waals surface area contributed by atoms with Crippen molar-refractivity contribution in [2.24, 2.45) is 0 Å². The molecule has 0 N–H and O–H groups in total. The van der Waals surface area contributed by atoms with Crippen molar-refractivity contribution in [3.63, 3.8) is 0 Å². The number of hydrogen-bond donors (Lipinski definition) is 0. The van der Waals surface area contributed by atoms with E-state index in [1.807, 2.05) is 7.11 Å². The first-order valence-electron chi connectivity index (χ1n) is 8.14. The predicted molar refractivity (Wildman–Crippen MR) is 91.2 cm³/mol. The zero-order valence-electron chi connectivity index (χ0n) is 13.5. The van der Waals surface area contributed by atoms with Crippen LogP contribution < -0.4 is 0 Å². The molecule has 1 fully saturated rings. The third-order valence-corrected chi connectivity index (χ3v) is 4.85. The lowest BCUT2D eigenvalue weighted by Crippen LogP contribution is -2.50. The fourth-order valence-electron chi connectivity index (χ4n) is 3.78. The zero-order chi connectivity index (χ0) is 15.4. The molecular weight excluding hydrogens is 270 g/mol. The van der Waals surface area contributed by atoms with E-state index in [1.165, 1.54) is 17.5 Å². The Hall–Kier alpha value is -1.64. The Balaban J connectivity index is 2.04. The summed E-state index contributed by atoms with van der Waals surface area (Å²) in [6.45, 7) is 1.14. The Labute approximate surface area is 133 Å². The molecule has 0 aliphatic carbocycles. The Morgan fingerprint density at radius 2 is 1.50 bits per heavy atom. The van der Waals surface area contributed by atoms with Gasteiger partial charge in [-0.2, -0.15) is 0 Å². The molecule has 1 aliphatic rings. The van der Waals surface area contributed by atoms with Crippen molar-refractivity contribution in [3.05, 3.63) is 71.8 Å². The smallest absolute Gasteiger partial charge is 0.0736 e. The second kappa shape index (κ2) is 7.08. The van der Waals surface area contributed by atoms with E-state index in [1.54, 1.807) is 0 Å². The van der Waals surface area contributed by atoms with Gasteiger partial charge in [-0.1, -0.05) is 60.7 Å². The van der Waals surface area contributed by atoms with E-state index >= 15 is 0 Å². The molecule has 2 aromatic carbocycles. The van der Waals surface area contributed by atoms with Crippen molar-refractivity contribution in [1.29, 1.82) is 0 Å². The highest BCUT2D eigenvalue weighted by Crippen LogP contribution is 2.36. The van der Waals surface area contributed by atoms with Crippen LogP contribution in [0, 0.1) is 0 Å². The van der Waals surface area contributed by atoms with E-state index in [2.05, 4.69) is 72.6 Å². The summed E-state index contributed by atoms with van der Waals surface area (Å²) in [7, 11) is 4.08. The number of piperidine rings is 1. The van der Waals surface area contributed by atoms with E-state index in [9.17, 15) is 0 Å². The Kier molecular flexibility index (Phi) is 4.91. The Morgan fingerprint density at radius 1 is 0.955 bits per heavy atom. The molecule has 2 aromatic rings. The van der Waals surface area contributed by atoms with Crippen molar-refractivity contribution in [2.75, 3.05) is 20.7 Å². The number of hydrogen-bond acceptors (Lipinski definition) is 2. The molecule has 2 heteroatoms. The molecule has 1 saturated heterocycles. The number of ether oxygens (including phenoxy) is 1. The largest absolute Gasteiger partial charge is 0.380 e. The van der Waals surface area contributed by atoms with Crippen LogP contribution in [-0.4, -0.2) is 37.7 Å². The molecule has 0 bridgehead atoms. The van der Waals surface area contributed by atoms with E-state index in [4.69, 9.17) is 4.74 Å². The van der Waals surface area contributed by atoms with E-state index in [-0.39, 0.29) is 6.10 Å². The van der Waals surface area contributed by atoms with Gasteiger partial charge in [0.1, 0.15) is 0 Å². The summed E-state index contributed by atoms with van der Waals surface area (Å²) in [5, 5.41) is 0. The molecule has 0 spiro atoms. The fourth-order valence-corrected chi connectivity index (χ4v) is 3.78. The Bertz CT molecular complexity index is 529. The second-order valence-electron chi connectivity index (χ2n) is 6.19. The van der Waals surface area contributed by atoms with Gasteiger partial charge < -0.3 is 4.74 Å². The fraction of sp³-hybridized carbons (Fsp3) is 0.400. The first-order valence-corrected chi connectivity index (χ1v) is 8.14. The first-order chi connectivity index (χ1) is 10.8. The van der Waals surface area contributed by atoms with Gasteiger partial charge in [-0.05, 0) is 37.6 Å². The van der Waals surface area contributed by atoms with Crippen molar-refractivity contribution in [2.45, 2.75) is 30.9 Å². The van der Waals surface area contributed by atoms with Crippen LogP contribution in [0.5, 0.6) is 0 Å². The summed E-state index contributed by atoms with van der Waals surface area (Å²) in [4.78, 5) is 2.47. The normalized spacial score (nSPS) is 22.9. The van der Waals surface area contributed by atoms with Gasteiger partial charge in [0, 0.05) is 19.1 Å². The van der Waals surface area contributed by atoms with Crippen LogP contribution in [-0.2, 0) is 4.74 Å². The summed E-state index contributed by atoms with van der Waals surface area (Å²) in [6.07, 6.45) is 2.63. The minimum Gasteiger partial charge on any atom is -0.380 e. The lowest BCUT2D eigenvalue weighted by molar-refractivity contribution is -0.0142. The third kappa shape index (κ3) is 3.08. The van der Waals surface area contributed by atoms with Crippen LogP contribution >= 0.6 is 0 Å². The molecule has 2 unspecified atom stereocenters. The van der Waals surface area contributed by atoms with Gasteiger partial charge in [0.05, 0.1) is 6.10 Å². The molecule has 116 valence electrons. The van der Waals surface area contributed by atoms with Crippen LogP contribution in [0.25, 0.3) is 0 Å². The molecule has 3 rings (SSSR count). The molecule has 0 radical (unpaired) electrons. The molecule has 0 saturated carbocycles. The topological polar surface area (TPSA) is 12.5 Å². The summed E-state index contributed by atoms with van der Waals surface area (Å²) >= 11 is 0. The van der Waals surface area contributed by atoms with E-state index < -0.39 is 0 Å². The van der Waals surface area contributed by atoms with Gasteiger partial charge >= 0.3 is 0 Å². The number of rotatable bonds is 4.